The molecule has 0 aliphatic carbocycles. The summed E-state index contributed by atoms with van der Waals surface area (Å²) in [5.41, 5.74) is -0.551. The van der Waals surface area contributed by atoms with Crippen LogP contribution in [0.3, 0.4) is 0 Å². The molecule has 0 atom stereocenters. The monoisotopic (exact) mass is 562 g/mol. The summed E-state index contributed by atoms with van der Waals surface area (Å²) in [7, 11) is 3.08. The van der Waals surface area contributed by atoms with E-state index in [0.29, 0.717) is 48.6 Å². The van der Waals surface area contributed by atoms with Crippen LogP contribution < -0.4 is 25.2 Å². The summed E-state index contributed by atoms with van der Waals surface area (Å²) in [5.74, 6) is -0.331. The second-order valence-corrected chi connectivity index (χ2v) is 9.13. The van der Waals surface area contributed by atoms with Crippen molar-refractivity contribution in [1.82, 2.24) is 5.32 Å². The van der Waals surface area contributed by atoms with Crippen LogP contribution in [0.25, 0.3) is 17.0 Å². The number of benzene rings is 2. The van der Waals surface area contributed by atoms with Crippen LogP contribution >= 0.6 is 0 Å². The maximum absolute atomic E-state index is 12.8. The standard InChI is InChI=1S/C31H34N2O8/c1-4-5-6-7-15-39-26-12-9-21(17-28(26)38-3)16-23(20-32)30(35)40-24-11-10-22-18-25(31(36)41-27(22)19-24)29(34)33-13-8-14-37-2/h9-12,16-19H,4-8,13-15H2,1-3H3,(H,33,34)/b23-16+. The van der Waals surface area contributed by atoms with E-state index in [9.17, 15) is 19.6 Å². The molecule has 0 aliphatic heterocycles. The minimum atomic E-state index is -0.892. The number of nitrogens with zero attached hydrogens (tertiary/aromatic N) is 1. The molecule has 41 heavy (non-hydrogen) atoms. The summed E-state index contributed by atoms with van der Waals surface area (Å²) in [5, 5.41) is 12.7. The van der Waals surface area contributed by atoms with E-state index in [1.54, 1.807) is 31.4 Å². The van der Waals surface area contributed by atoms with Gasteiger partial charge in [-0.1, -0.05) is 32.3 Å². The molecule has 0 saturated heterocycles. The van der Waals surface area contributed by atoms with Crippen molar-refractivity contribution in [3.05, 3.63) is 69.6 Å². The Labute approximate surface area is 238 Å². The van der Waals surface area contributed by atoms with E-state index in [1.165, 1.54) is 31.4 Å². The summed E-state index contributed by atoms with van der Waals surface area (Å²) in [6.07, 6.45) is 6.30. The number of rotatable bonds is 15. The fourth-order valence-corrected chi connectivity index (χ4v) is 3.90. The number of carbonyl (C=O) groups excluding carboxylic acids is 2. The number of esters is 1. The van der Waals surface area contributed by atoms with Gasteiger partial charge in [-0.15, -0.1) is 0 Å². The number of amides is 1. The fourth-order valence-electron chi connectivity index (χ4n) is 3.90. The van der Waals surface area contributed by atoms with Crippen LogP contribution in [0.1, 0.15) is 54.9 Å². The quantitative estimate of drug-likeness (QED) is 0.0674. The molecule has 216 valence electrons. The zero-order chi connectivity index (χ0) is 29.6. The number of ether oxygens (including phenoxy) is 4. The van der Waals surface area contributed by atoms with E-state index in [-0.39, 0.29) is 22.5 Å². The summed E-state index contributed by atoms with van der Waals surface area (Å²) in [6, 6.07) is 12.7. The third kappa shape index (κ3) is 8.95. The van der Waals surface area contributed by atoms with Crippen molar-refractivity contribution in [2.75, 3.05) is 34.0 Å². The molecule has 0 radical (unpaired) electrons. The van der Waals surface area contributed by atoms with Gasteiger partial charge >= 0.3 is 11.6 Å². The smallest absolute Gasteiger partial charge is 0.354 e. The third-order valence-corrected chi connectivity index (χ3v) is 6.07. The zero-order valence-electron chi connectivity index (χ0n) is 23.5. The Morgan fingerprint density at radius 2 is 1.83 bits per heavy atom. The largest absolute Gasteiger partial charge is 0.493 e. The lowest BCUT2D eigenvalue weighted by Crippen LogP contribution is -2.29. The number of unbranched alkanes of at least 4 members (excludes halogenated alkanes) is 3. The first-order valence-corrected chi connectivity index (χ1v) is 13.4. The Kier molecular flexibility index (Phi) is 11.9. The van der Waals surface area contributed by atoms with Crippen LogP contribution in [0.15, 0.2) is 57.2 Å². The van der Waals surface area contributed by atoms with Gasteiger partial charge in [-0.3, -0.25) is 4.79 Å². The fraction of sp³-hybridized carbons (Fsp3) is 0.355. The Morgan fingerprint density at radius 3 is 2.56 bits per heavy atom. The summed E-state index contributed by atoms with van der Waals surface area (Å²) in [6.45, 7) is 3.54. The Bertz CT molecular complexity index is 1490. The predicted octanol–water partition coefficient (Wildman–Crippen LogP) is 5.04. The van der Waals surface area contributed by atoms with Crippen molar-refractivity contribution in [3.8, 4) is 23.3 Å². The second-order valence-electron chi connectivity index (χ2n) is 9.13. The highest BCUT2D eigenvalue weighted by Crippen LogP contribution is 2.29. The minimum Gasteiger partial charge on any atom is -0.493 e. The molecule has 3 aromatic rings. The number of fused-ring (bicyclic) bond motifs is 1. The van der Waals surface area contributed by atoms with Gasteiger partial charge in [0.2, 0.25) is 0 Å². The lowest BCUT2D eigenvalue weighted by molar-refractivity contribution is -0.129. The first-order chi connectivity index (χ1) is 19.9. The third-order valence-electron chi connectivity index (χ3n) is 6.07. The van der Waals surface area contributed by atoms with Crippen molar-refractivity contribution in [3.63, 3.8) is 0 Å². The number of nitrogens with one attached hydrogen (secondary N) is 1. The van der Waals surface area contributed by atoms with Gasteiger partial charge in [0.15, 0.2) is 11.5 Å². The molecular formula is C31H34N2O8. The Balaban J connectivity index is 1.71. The maximum Gasteiger partial charge on any atom is 0.354 e. The molecule has 0 fully saturated rings. The number of carbonyl (C=O) groups is 2. The van der Waals surface area contributed by atoms with Crippen LogP contribution in [-0.2, 0) is 9.53 Å². The van der Waals surface area contributed by atoms with Gasteiger partial charge in [-0.05, 0) is 54.8 Å². The first kappa shape index (κ1) is 30.9. The minimum absolute atomic E-state index is 0.0629. The second kappa shape index (κ2) is 15.8. The molecule has 1 amide bonds. The number of nitriles is 1. The molecule has 0 aliphatic rings. The van der Waals surface area contributed by atoms with E-state index in [1.807, 2.05) is 6.07 Å². The van der Waals surface area contributed by atoms with Crippen molar-refractivity contribution in [1.29, 1.82) is 5.26 Å². The van der Waals surface area contributed by atoms with Crippen LogP contribution in [0.2, 0.25) is 0 Å². The molecule has 0 unspecified atom stereocenters. The lowest BCUT2D eigenvalue weighted by atomic mass is 10.1. The van der Waals surface area contributed by atoms with Crippen molar-refractivity contribution in [2.45, 2.75) is 39.0 Å². The van der Waals surface area contributed by atoms with E-state index < -0.39 is 17.5 Å². The normalized spacial score (nSPS) is 11.1. The number of hydrogen-bond acceptors (Lipinski definition) is 9. The van der Waals surface area contributed by atoms with Crippen LogP contribution in [0.4, 0.5) is 0 Å². The molecule has 2 aromatic carbocycles. The average Bonchev–Trinajstić information content (AvgIpc) is 2.97. The molecule has 3 rings (SSSR count). The molecule has 0 saturated carbocycles. The highest BCUT2D eigenvalue weighted by Gasteiger charge is 2.16. The summed E-state index contributed by atoms with van der Waals surface area (Å²) < 4.78 is 26.8. The highest BCUT2D eigenvalue weighted by atomic mass is 16.5. The van der Waals surface area contributed by atoms with Gasteiger partial charge in [0.25, 0.3) is 5.91 Å². The topological polar surface area (TPSA) is 137 Å². The van der Waals surface area contributed by atoms with E-state index in [2.05, 4.69) is 12.2 Å². The molecule has 0 spiro atoms. The van der Waals surface area contributed by atoms with Crippen molar-refractivity contribution >= 4 is 28.9 Å². The van der Waals surface area contributed by atoms with Gasteiger partial charge in [0.1, 0.15) is 28.5 Å². The van der Waals surface area contributed by atoms with Gasteiger partial charge in [-0.2, -0.15) is 5.26 Å². The molecular weight excluding hydrogens is 528 g/mol. The van der Waals surface area contributed by atoms with Crippen LogP contribution in [-0.4, -0.2) is 45.9 Å². The number of hydrogen-bond donors (Lipinski definition) is 1. The molecule has 0 bridgehead atoms. The Morgan fingerprint density at radius 1 is 1.00 bits per heavy atom. The maximum atomic E-state index is 12.8. The molecule has 1 aromatic heterocycles. The average molecular weight is 563 g/mol. The first-order valence-electron chi connectivity index (χ1n) is 13.4. The zero-order valence-corrected chi connectivity index (χ0v) is 23.5. The van der Waals surface area contributed by atoms with Gasteiger partial charge in [0, 0.05) is 31.7 Å². The van der Waals surface area contributed by atoms with Crippen LogP contribution in [0, 0.1) is 11.3 Å². The van der Waals surface area contributed by atoms with Crippen molar-refractivity contribution < 1.29 is 33.0 Å². The molecule has 10 heteroatoms. The number of methoxy groups -OCH3 is 2. The Hall–Kier alpha value is -4.62. The molecule has 1 N–H and O–H groups in total. The van der Waals surface area contributed by atoms with Gasteiger partial charge < -0.3 is 28.7 Å². The van der Waals surface area contributed by atoms with E-state index >= 15 is 0 Å². The van der Waals surface area contributed by atoms with Crippen molar-refractivity contribution in [2.24, 2.45) is 0 Å². The summed E-state index contributed by atoms with van der Waals surface area (Å²) >= 11 is 0. The molecule has 1 heterocycles. The predicted molar refractivity (Wildman–Crippen MR) is 153 cm³/mol. The van der Waals surface area contributed by atoms with E-state index in [0.717, 1.165) is 25.7 Å². The highest BCUT2D eigenvalue weighted by molar-refractivity contribution is 6.00. The molecule has 10 nitrogen and oxygen atoms in total. The van der Waals surface area contributed by atoms with Gasteiger partial charge in [0.05, 0.1) is 13.7 Å². The SMILES string of the molecule is CCCCCCOc1ccc(/C=C(\C#N)C(=O)Oc2ccc3cc(C(=O)NCCCOC)c(=O)oc3c2)cc1OC. The van der Waals surface area contributed by atoms with E-state index in [4.69, 9.17) is 23.4 Å². The lowest BCUT2D eigenvalue weighted by Gasteiger charge is -2.11. The van der Waals surface area contributed by atoms with Crippen LogP contribution in [0.5, 0.6) is 17.2 Å². The summed E-state index contributed by atoms with van der Waals surface area (Å²) in [4.78, 5) is 37.5. The van der Waals surface area contributed by atoms with Gasteiger partial charge in [-0.25, -0.2) is 9.59 Å².